The summed E-state index contributed by atoms with van der Waals surface area (Å²) in [6, 6.07) is 0.249. The first-order chi connectivity index (χ1) is 11.8. The van der Waals surface area contributed by atoms with E-state index in [0.717, 1.165) is 12.8 Å². The van der Waals surface area contributed by atoms with Crippen molar-refractivity contribution in [2.24, 2.45) is 17.3 Å². The van der Waals surface area contributed by atoms with Gasteiger partial charge in [-0.25, -0.2) is 4.79 Å². The third kappa shape index (κ3) is 3.60. The third-order valence-electron chi connectivity index (χ3n) is 6.17. The number of carboxylic acid groups (broad SMARTS) is 1. The Bertz CT molecular complexity index is 549. The molecule has 7 heteroatoms. The average molecular weight is 351 g/mol. The summed E-state index contributed by atoms with van der Waals surface area (Å²) in [5.41, 5.74) is -0.474. The number of aliphatic carboxylic acids is 1. The number of urea groups is 1. The van der Waals surface area contributed by atoms with E-state index in [4.69, 9.17) is 0 Å². The Morgan fingerprint density at radius 3 is 2.00 bits per heavy atom. The van der Waals surface area contributed by atoms with Crippen molar-refractivity contribution in [3.05, 3.63) is 0 Å². The van der Waals surface area contributed by atoms with Crippen LogP contribution in [0, 0.1) is 17.3 Å². The highest BCUT2D eigenvalue weighted by atomic mass is 16.4. The van der Waals surface area contributed by atoms with Crippen LogP contribution in [0.2, 0.25) is 0 Å². The van der Waals surface area contributed by atoms with Crippen molar-refractivity contribution >= 4 is 17.9 Å². The number of carboxylic acids is 1. The van der Waals surface area contributed by atoms with Crippen LogP contribution in [0.1, 0.15) is 46.0 Å². The number of carbonyl (C=O) groups is 3. The number of hydrogen-bond donors (Lipinski definition) is 2. The second-order valence-corrected chi connectivity index (χ2v) is 8.21. The van der Waals surface area contributed by atoms with Crippen molar-refractivity contribution < 1.29 is 19.5 Å². The minimum absolute atomic E-state index is 0.0332. The zero-order valence-corrected chi connectivity index (χ0v) is 15.2. The summed E-state index contributed by atoms with van der Waals surface area (Å²) < 4.78 is 0. The minimum Gasteiger partial charge on any atom is -0.481 e. The molecule has 2 N–H and O–H groups in total. The molecule has 0 aromatic heterocycles. The van der Waals surface area contributed by atoms with Gasteiger partial charge < -0.3 is 20.2 Å². The first kappa shape index (κ1) is 18.0. The summed E-state index contributed by atoms with van der Waals surface area (Å²) in [6.07, 6.45) is 5.71. The predicted octanol–water partition coefficient (Wildman–Crippen LogP) is 1.53. The fraction of sp³-hybridized carbons (Fsp3) is 0.833. The number of rotatable bonds is 3. The summed E-state index contributed by atoms with van der Waals surface area (Å²) in [5.74, 6) is -2.00. The standard InChI is InChI=1S/C18H29N3O4/c1-18(2)13(14(18)16(23)24)15(22)20-8-10-21(11-9-20)17(25)19-12-6-4-3-5-7-12/h12-14H,3-11H2,1-2H3,(H,19,25)(H,23,24)/t13-,14-/m0/s1. The zero-order valence-electron chi connectivity index (χ0n) is 15.2. The molecule has 1 aliphatic heterocycles. The fourth-order valence-corrected chi connectivity index (χ4v) is 4.40. The van der Waals surface area contributed by atoms with Crippen LogP contribution in [-0.2, 0) is 9.59 Å². The summed E-state index contributed by atoms with van der Waals surface area (Å²) in [7, 11) is 0. The van der Waals surface area contributed by atoms with Gasteiger partial charge in [-0.3, -0.25) is 9.59 Å². The first-order valence-electron chi connectivity index (χ1n) is 9.39. The highest BCUT2D eigenvalue weighted by Crippen LogP contribution is 2.59. The van der Waals surface area contributed by atoms with Gasteiger partial charge >= 0.3 is 12.0 Å². The number of hydrogen-bond acceptors (Lipinski definition) is 3. The molecule has 0 bridgehead atoms. The molecule has 25 heavy (non-hydrogen) atoms. The molecule has 0 radical (unpaired) electrons. The first-order valence-corrected chi connectivity index (χ1v) is 9.39. The van der Waals surface area contributed by atoms with Crippen molar-refractivity contribution in [3.8, 4) is 0 Å². The molecule has 0 aromatic carbocycles. The van der Waals surface area contributed by atoms with Gasteiger partial charge in [-0.15, -0.1) is 0 Å². The monoisotopic (exact) mass is 351 g/mol. The minimum atomic E-state index is -0.895. The Labute approximate surface area is 148 Å². The molecule has 140 valence electrons. The van der Waals surface area contributed by atoms with Gasteiger partial charge in [-0.2, -0.15) is 0 Å². The Kier molecular flexibility index (Phi) is 4.93. The Morgan fingerprint density at radius 1 is 0.920 bits per heavy atom. The number of nitrogens with one attached hydrogen (secondary N) is 1. The second kappa shape index (κ2) is 6.84. The van der Waals surface area contributed by atoms with Gasteiger partial charge in [-0.05, 0) is 18.3 Å². The van der Waals surface area contributed by atoms with E-state index in [1.807, 2.05) is 13.8 Å². The van der Waals surface area contributed by atoms with Crippen LogP contribution >= 0.6 is 0 Å². The highest BCUT2D eigenvalue weighted by molar-refractivity contribution is 5.91. The van der Waals surface area contributed by atoms with Gasteiger partial charge in [-0.1, -0.05) is 33.1 Å². The zero-order chi connectivity index (χ0) is 18.2. The van der Waals surface area contributed by atoms with Crippen LogP contribution in [0.15, 0.2) is 0 Å². The van der Waals surface area contributed by atoms with Crippen LogP contribution in [-0.4, -0.2) is 65.0 Å². The molecule has 2 atom stereocenters. The van der Waals surface area contributed by atoms with E-state index in [2.05, 4.69) is 5.32 Å². The van der Waals surface area contributed by atoms with E-state index >= 15 is 0 Å². The molecule has 3 fully saturated rings. The molecule has 3 amide bonds. The summed E-state index contributed by atoms with van der Waals surface area (Å²) in [4.78, 5) is 39.8. The van der Waals surface area contributed by atoms with E-state index in [1.165, 1.54) is 19.3 Å². The molecule has 0 spiro atoms. The molecule has 3 aliphatic rings. The topological polar surface area (TPSA) is 90.0 Å². The van der Waals surface area contributed by atoms with Crippen LogP contribution in [0.3, 0.4) is 0 Å². The molecular formula is C18H29N3O4. The smallest absolute Gasteiger partial charge is 0.317 e. The summed E-state index contributed by atoms with van der Waals surface area (Å²) >= 11 is 0. The quantitative estimate of drug-likeness (QED) is 0.807. The maximum atomic E-state index is 12.6. The van der Waals surface area contributed by atoms with E-state index in [1.54, 1.807) is 9.80 Å². The lowest BCUT2D eigenvalue weighted by molar-refractivity contribution is -0.142. The Morgan fingerprint density at radius 2 is 1.48 bits per heavy atom. The Balaban J connectivity index is 1.48. The molecule has 3 rings (SSSR count). The maximum absolute atomic E-state index is 12.6. The van der Waals surface area contributed by atoms with Crippen LogP contribution in [0.4, 0.5) is 4.79 Å². The number of piperazine rings is 1. The average Bonchev–Trinajstić information content (AvgIpc) is 3.18. The highest BCUT2D eigenvalue weighted by Gasteiger charge is 2.66. The molecule has 1 saturated heterocycles. The number of amides is 3. The van der Waals surface area contributed by atoms with E-state index in [0.29, 0.717) is 26.2 Å². The largest absolute Gasteiger partial charge is 0.481 e. The lowest BCUT2D eigenvalue weighted by Crippen LogP contribution is -2.55. The van der Waals surface area contributed by atoms with Crippen molar-refractivity contribution in [2.45, 2.75) is 52.0 Å². The van der Waals surface area contributed by atoms with E-state index in [9.17, 15) is 19.5 Å². The van der Waals surface area contributed by atoms with Gasteiger partial charge in [0.05, 0.1) is 11.8 Å². The molecular weight excluding hydrogens is 322 g/mol. The van der Waals surface area contributed by atoms with Crippen molar-refractivity contribution in [3.63, 3.8) is 0 Å². The summed E-state index contributed by atoms with van der Waals surface area (Å²) in [6.45, 7) is 5.65. The lowest BCUT2D eigenvalue weighted by Gasteiger charge is -2.36. The van der Waals surface area contributed by atoms with E-state index < -0.39 is 23.2 Å². The fourth-order valence-electron chi connectivity index (χ4n) is 4.40. The van der Waals surface area contributed by atoms with Crippen molar-refractivity contribution in [1.29, 1.82) is 0 Å². The molecule has 1 heterocycles. The molecule has 2 aliphatic carbocycles. The predicted molar refractivity (Wildman–Crippen MR) is 92.0 cm³/mol. The molecule has 7 nitrogen and oxygen atoms in total. The van der Waals surface area contributed by atoms with E-state index in [-0.39, 0.29) is 18.0 Å². The van der Waals surface area contributed by atoms with Crippen molar-refractivity contribution in [1.82, 2.24) is 15.1 Å². The molecule has 0 aromatic rings. The van der Waals surface area contributed by atoms with Gasteiger partial charge in [0, 0.05) is 32.2 Å². The van der Waals surface area contributed by atoms with Gasteiger partial charge in [0.25, 0.3) is 0 Å². The van der Waals surface area contributed by atoms with Gasteiger partial charge in [0.2, 0.25) is 5.91 Å². The Hall–Kier alpha value is -1.79. The summed E-state index contributed by atoms with van der Waals surface area (Å²) in [5, 5.41) is 12.4. The normalized spacial score (nSPS) is 29.2. The van der Waals surface area contributed by atoms with Crippen LogP contribution in [0.25, 0.3) is 0 Å². The SMILES string of the molecule is CC1(C)[C@H](C(=O)O)[C@H]1C(=O)N1CCN(C(=O)NC2CCCCC2)CC1. The van der Waals surface area contributed by atoms with Crippen molar-refractivity contribution in [2.75, 3.05) is 26.2 Å². The maximum Gasteiger partial charge on any atom is 0.317 e. The van der Waals surface area contributed by atoms with Crippen LogP contribution in [0.5, 0.6) is 0 Å². The second-order valence-electron chi connectivity index (χ2n) is 8.21. The molecule has 2 saturated carbocycles. The third-order valence-corrected chi connectivity index (χ3v) is 6.17. The van der Waals surface area contributed by atoms with Gasteiger partial charge in [0.15, 0.2) is 0 Å². The number of carbonyl (C=O) groups excluding carboxylic acids is 2. The van der Waals surface area contributed by atoms with Crippen LogP contribution < -0.4 is 5.32 Å². The number of nitrogens with zero attached hydrogens (tertiary/aromatic N) is 2. The van der Waals surface area contributed by atoms with Gasteiger partial charge in [0.1, 0.15) is 0 Å². The molecule has 0 unspecified atom stereocenters. The lowest BCUT2D eigenvalue weighted by atomic mass is 9.96.